The Hall–Kier alpha value is -1.49. The molecule has 1 rings (SSSR count). The molecule has 1 aromatic rings. The molecule has 0 amide bonds. The quantitative estimate of drug-likeness (QED) is 0.583. The van der Waals surface area contributed by atoms with E-state index in [9.17, 15) is 10.1 Å². The molecule has 0 saturated heterocycles. The first-order chi connectivity index (χ1) is 9.12. The van der Waals surface area contributed by atoms with Crippen LogP contribution in [0.3, 0.4) is 0 Å². The summed E-state index contributed by atoms with van der Waals surface area (Å²) >= 11 is 1.05. The van der Waals surface area contributed by atoms with Gasteiger partial charge in [0, 0.05) is 24.0 Å². The van der Waals surface area contributed by atoms with Crippen molar-refractivity contribution < 1.29 is 4.92 Å². The zero-order chi connectivity index (χ0) is 14.3. The molecule has 1 heterocycles. The van der Waals surface area contributed by atoms with Crippen molar-refractivity contribution in [3.8, 4) is 6.07 Å². The highest BCUT2D eigenvalue weighted by molar-refractivity contribution is 7.15. The first kappa shape index (κ1) is 15.6. The average Bonchev–Trinajstić information content (AvgIpc) is 2.89. The molecular formula is C12H18N4O2S. The molecule has 1 atom stereocenters. The normalized spacial score (nSPS) is 12.3. The van der Waals surface area contributed by atoms with E-state index in [2.05, 4.69) is 30.1 Å². The predicted octanol–water partition coefficient (Wildman–Crippen LogP) is 2.15. The number of hydrogen-bond acceptors (Lipinski definition) is 6. The third-order valence-corrected chi connectivity index (χ3v) is 3.98. The molecule has 0 spiro atoms. The van der Waals surface area contributed by atoms with E-state index in [-0.39, 0.29) is 5.00 Å². The second-order valence-electron chi connectivity index (χ2n) is 3.98. The van der Waals surface area contributed by atoms with Crippen LogP contribution in [0, 0.1) is 21.4 Å². The van der Waals surface area contributed by atoms with E-state index in [1.54, 1.807) is 6.07 Å². The van der Waals surface area contributed by atoms with Crippen LogP contribution >= 0.6 is 11.3 Å². The van der Waals surface area contributed by atoms with E-state index in [0.29, 0.717) is 11.4 Å². The highest BCUT2D eigenvalue weighted by Crippen LogP contribution is 2.28. The maximum atomic E-state index is 10.6. The Morgan fingerprint density at radius 1 is 1.53 bits per heavy atom. The van der Waals surface area contributed by atoms with E-state index in [1.807, 2.05) is 0 Å². The van der Waals surface area contributed by atoms with Crippen LogP contribution in [0.25, 0.3) is 0 Å². The van der Waals surface area contributed by atoms with Gasteiger partial charge < -0.3 is 4.90 Å². The van der Waals surface area contributed by atoms with Gasteiger partial charge >= 0.3 is 5.00 Å². The largest absolute Gasteiger partial charge is 0.324 e. The van der Waals surface area contributed by atoms with Crippen molar-refractivity contribution in [2.75, 3.05) is 26.2 Å². The molecule has 0 aliphatic carbocycles. The van der Waals surface area contributed by atoms with Crippen LogP contribution < -0.4 is 5.32 Å². The Kier molecular flexibility index (Phi) is 6.42. The lowest BCUT2D eigenvalue weighted by Crippen LogP contribution is -2.33. The summed E-state index contributed by atoms with van der Waals surface area (Å²) in [5.74, 6) is 0. The molecule has 0 aliphatic heterocycles. The van der Waals surface area contributed by atoms with Crippen LogP contribution in [0.1, 0.15) is 24.8 Å². The molecule has 1 N–H and O–H groups in total. The Bertz CT molecular complexity index is 451. The summed E-state index contributed by atoms with van der Waals surface area (Å²) in [5.41, 5.74) is 0. The van der Waals surface area contributed by atoms with Gasteiger partial charge in [-0.1, -0.05) is 25.2 Å². The van der Waals surface area contributed by atoms with Gasteiger partial charge in [0.1, 0.15) is 6.04 Å². The number of rotatable bonds is 8. The van der Waals surface area contributed by atoms with Gasteiger partial charge in [0.25, 0.3) is 0 Å². The van der Waals surface area contributed by atoms with Gasteiger partial charge in [0.05, 0.1) is 11.0 Å². The first-order valence-electron chi connectivity index (χ1n) is 6.21. The van der Waals surface area contributed by atoms with Crippen LogP contribution in [0.2, 0.25) is 0 Å². The van der Waals surface area contributed by atoms with E-state index in [1.165, 1.54) is 6.07 Å². The Morgan fingerprint density at radius 3 is 2.68 bits per heavy atom. The molecule has 1 unspecified atom stereocenters. The van der Waals surface area contributed by atoms with Crippen LogP contribution in [0.5, 0.6) is 0 Å². The molecule has 0 aromatic carbocycles. The molecule has 0 aliphatic rings. The van der Waals surface area contributed by atoms with Crippen molar-refractivity contribution in [2.24, 2.45) is 0 Å². The number of likely N-dealkylation sites (N-methyl/N-ethyl adjacent to an activating group) is 1. The minimum absolute atomic E-state index is 0.0702. The van der Waals surface area contributed by atoms with Crippen molar-refractivity contribution in [1.29, 1.82) is 5.26 Å². The standard InChI is InChI=1S/C12H18N4O2S/c1-3-15(4-2)8-7-14-10(9-13)11-5-6-12(19-11)16(17)18/h5-6,10,14H,3-4,7-8H2,1-2H3. The van der Waals surface area contributed by atoms with Crippen molar-refractivity contribution in [2.45, 2.75) is 19.9 Å². The van der Waals surface area contributed by atoms with Crippen molar-refractivity contribution >= 4 is 16.3 Å². The highest BCUT2D eigenvalue weighted by atomic mass is 32.1. The second-order valence-corrected chi connectivity index (χ2v) is 5.07. The van der Waals surface area contributed by atoms with E-state index >= 15 is 0 Å². The Labute approximate surface area is 116 Å². The lowest BCUT2D eigenvalue weighted by atomic mass is 10.2. The fraction of sp³-hybridized carbons (Fsp3) is 0.583. The van der Waals surface area contributed by atoms with Gasteiger partial charge in [0.2, 0.25) is 0 Å². The minimum Gasteiger partial charge on any atom is -0.303 e. The van der Waals surface area contributed by atoms with E-state index < -0.39 is 11.0 Å². The number of hydrogen-bond donors (Lipinski definition) is 1. The smallest absolute Gasteiger partial charge is 0.303 e. The fourth-order valence-electron chi connectivity index (χ4n) is 1.71. The summed E-state index contributed by atoms with van der Waals surface area (Å²) in [6.45, 7) is 7.67. The Balaban J connectivity index is 2.54. The zero-order valence-corrected chi connectivity index (χ0v) is 11.9. The van der Waals surface area contributed by atoms with Gasteiger partial charge in [0.15, 0.2) is 0 Å². The van der Waals surface area contributed by atoms with Crippen molar-refractivity contribution in [3.05, 3.63) is 27.1 Å². The van der Waals surface area contributed by atoms with Crippen molar-refractivity contribution in [1.82, 2.24) is 10.2 Å². The van der Waals surface area contributed by atoms with Gasteiger partial charge in [-0.25, -0.2) is 0 Å². The SMILES string of the molecule is CCN(CC)CCNC(C#N)c1ccc([N+](=O)[O-])s1. The monoisotopic (exact) mass is 282 g/mol. The van der Waals surface area contributed by atoms with E-state index in [0.717, 1.165) is 31.0 Å². The summed E-state index contributed by atoms with van der Waals surface area (Å²) in [7, 11) is 0. The molecule has 104 valence electrons. The molecule has 1 aromatic heterocycles. The highest BCUT2D eigenvalue weighted by Gasteiger charge is 2.17. The van der Waals surface area contributed by atoms with Crippen LogP contribution in [0.4, 0.5) is 5.00 Å². The predicted molar refractivity (Wildman–Crippen MR) is 75.1 cm³/mol. The summed E-state index contributed by atoms with van der Waals surface area (Å²) in [4.78, 5) is 13.1. The van der Waals surface area contributed by atoms with Crippen LogP contribution in [-0.4, -0.2) is 36.0 Å². The number of nitro groups is 1. The average molecular weight is 282 g/mol. The maximum Gasteiger partial charge on any atom is 0.324 e. The number of nitrogens with one attached hydrogen (secondary N) is 1. The fourth-order valence-corrected chi connectivity index (χ4v) is 2.55. The molecule has 0 saturated carbocycles. The zero-order valence-electron chi connectivity index (χ0n) is 11.1. The number of nitriles is 1. The lowest BCUT2D eigenvalue weighted by molar-refractivity contribution is -0.380. The summed E-state index contributed by atoms with van der Waals surface area (Å²) < 4.78 is 0. The van der Waals surface area contributed by atoms with Crippen molar-refractivity contribution in [3.63, 3.8) is 0 Å². The van der Waals surface area contributed by atoms with E-state index in [4.69, 9.17) is 5.26 Å². The van der Waals surface area contributed by atoms with Crippen LogP contribution in [0.15, 0.2) is 12.1 Å². The summed E-state index contributed by atoms with van der Waals surface area (Å²) in [6, 6.07) is 4.74. The van der Waals surface area contributed by atoms with Gasteiger partial charge in [-0.05, 0) is 19.2 Å². The molecular weight excluding hydrogens is 264 g/mol. The molecule has 19 heavy (non-hydrogen) atoms. The minimum atomic E-state index is -0.478. The molecule has 0 radical (unpaired) electrons. The van der Waals surface area contributed by atoms with Gasteiger partial charge in [-0.15, -0.1) is 0 Å². The lowest BCUT2D eigenvalue weighted by Gasteiger charge is -2.19. The number of nitrogens with zero attached hydrogens (tertiary/aromatic N) is 3. The molecule has 6 nitrogen and oxygen atoms in total. The summed E-state index contributed by atoms with van der Waals surface area (Å²) in [6.07, 6.45) is 0. The number of thiophene rings is 1. The Morgan fingerprint density at radius 2 is 2.21 bits per heavy atom. The topological polar surface area (TPSA) is 82.2 Å². The van der Waals surface area contributed by atoms with Crippen LogP contribution in [-0.2, 0) is 0 Å². The first-order valence-corrected chi connectivity index (χ1v) is 7.03. The van der Waals surface area contributed by atoms with Gasteiger partial charge in [-0.3, -0.25) is 15.4 Å². The third-order valence-electron chi connectivity index (χ3n) is 2.88. The maximum absolute atomic E-state index is 10.6. The summed E-state index contributed by atoms with van der Waals surface area (Å²) in [5, 5.41) is 22.9. The molecule has 0 fully saturated rings. The van der Waals surface area contributed by atoms with Gasteiger partial charge in [-0.2, -0.15) is 5.26 Å². The third kappa shape index (κ3) is 4.59. The molecule has 7 heteroatoms. The second kappa shape index (κ2) is 7.84. The molecule has 0 bridgehead atoms.